The molecule has 1 saturated heterocycles. The molecule has 0 bridgehead atoms. The lowest BCUT2D eigenvalue weighted by atomic mass is 10.1. The number of imide groups is 1. The number of urea groups is 1. The quantitative estimate of drug-likeness (QED) is 0.164. The van der Waals surface area contributed by atoms with Crippen LogP contribution >= 0.6 is 22.6 Å². The lowest BCUT2D eigenvalue weighted by molar-refractivity contribution is -0.123. The van der Waals surface area contributed by atoms with Crippen LogP contribution in [0.15, 0.2) is 90.6 Å². The highest BCUT2D eigenvalue weighted by Crippen LogP contribution is 2.26. The molecule has 0 radical (unpaired) electrons. The fraction of sp³-hybridized carbons (Fsp3) is 0.103. The molecule has 5 rings (SSSR count). The second-order valence-corrected chi connectivity index (χ2v) is 9.69. The van der Waals surface area contributed by atoms with E-state index in [0.717, 1.165) is 31.6 Å². The normalized spacial score (nSPS) is 14.6. The van der Waals surface area contributed by atoms with Crippen LogP contribution in [0.2, 0.25) is 0 Å². The molecule has 6 heteroatoms. The van der Waals surface area contributed by atoms with Gasteiger partial charge in [0.05, 0.1) is 10.1 Å². The molecule has 1 aliphatic rings. The molecule has 3 amide bonds. The molecule has 4 aromatic carbocycles. The number of nitrogens with zero attached hydrogens (tertiary/aromatic N) is 1. The maximum atomic E-state index is 12.9. The third kappa shape index (κ3) is 5.22. The molecule has 1 aliphatic heterocycles. The number of ether oxygens (including phenoxy) is 1. The van der Waals surface area contributed by atoms with Gasteiger partial charge in [-0.2, -0.15) is 0 Å². The molecule has 1 N–H and O–H groups in total. The Morgan fingerprint density at radius 1 is 0.886 bits per heavy atom. The molecule has 0 unspecified atom stereocenters. The van der Waals surface area contributed by atoms with E-state index in [0.29, 0.717) is 6.61 Å². The van der Waals surface area contributed by atoms with Gasteiger partial charge in [0.2, 0.25) is 0 Å². The number of fused-ring (bicyclic) bond motifs is 1. The van der Waals surface area contributed by atoms with Crippen LogP contribution in [0, 0.1) is 10.5 Å². The van der Waals surface area contributed by atoms with Gasteiger partial charge in [-0.25, -0.2) is 4.79 Å². The summed E-state index contributed by atoms with van der Waals surface area (Å²) in [7, 11) is 0. The molecule has 174 valence electrons. The summed E-state index contributed by atoms with van der Waals surface area (Å²) in [5, 5.41) is 5.09. The molecule has 0 saturated carbocycles. The van der Waals surface area contributed by atoms with Gasteiger partial charge in [0.15, 0.2) is 0 Å². The summed E-state index contributed by atoms with van der Waals surface area (Å²) >= 11 is 2.22. The zero-order valence-corrected chi connectivity index (χ0v) is 21.3. The van der Waals surface area contributed by atoms with Crippen LogP contribution < -0.4 is 10.1 Å². The zero-order valence-electron chi connectivity index (χ0n) is 19.1. The Kier molecular flexibility index (Phi) is 6.55. The van der Waals surface area contributed by atoms with Crippen LogP contribution in [0.3, 0.4) is 0 Å². The highest BCUT2D eigenvalue weighted by atomic mass is 127. The van der Waals surface area contributed by atoms with Crippen molar-refractivity contribution < 1.29 is 14.3 Å². The molecule has 35 heavy (non-hydrogen) atoms. The Labute approximate surface area is 217 Å². The van der Waals surface area contributed by atoms with Crippen LogP contribution in [0.5, 0.6) is 5.75 Å². The van der Waals surface area contributed by atoms with Gasteiger partial charge in [-0.15, -0.1) is 0 Å². The third-order valence-electron chi connectivity index (χ3n) is 5.86. The fourth-order valence-corrected chi connectivity index (χ4v) is 4.78. The minimum Gasteiger partial charge on any atom is -0.488 e. The molecule has 0 aromatic heterocycles. The number of hydrogen-bond donors (Lipinski definition) is 1. The number of aryl methyl sites for hydroxylation is 1. The molecular weight excluding hydrogens is 551 g/mol. The van der Waals surface area contributed by atoms with E-state index in [4.69, 9.17) is 4.74 Å². The first-order valence-electron chi connectivity index (χ1n) is 11.3. The monoisotopic (exact) mass is 574 g/mol. The van der Waals surface area contributed by atoms with Crippen molar-refractivity contribution in [1.29, 1.82) is 0 Å². The maximum absolute atomic E-state index is 12.9. The highest BCUT2D eigenvalue weighted by molar-refractivity contribution is 14.1. The molecule has 0 aliphatic carbocycles. The predicted octanol–water partition coefficient (Wildman–Crippen LogP) is 6.42. The smallest absolute Gasteiger partial charge is 0.329 e. The zero-order chi connectivity index (χ0) is 24.4. The van der Waals surface area contributed by atoms with E-state index in [2.05, 4.69) is 58.2 Å². The van der Waals surface area contributed by atoms with Gasteiger partial charge in [-0.1, -0.05) is 72.3 Å². The summed E-state index contributed by atoms with van der Waals surface area (Å²) in [6.07, 6.45) is 1.70. The van der Waals surface area contributed by atoms with Crippen molar-refractivity contribution in [2.45, 2.75) is 20.1 Å². The summed E-state index contributed by atoms with van der Waals surface area (Å²) in [6, 6.07) is 27.6. The van der Waals surface area contributed by atoms with Crippen LogP contribution in [0.1, 0.15) is 22.3 Å². The molecular formula is C29H23IN2O3. The fourth-order valence-electron chi connectivity index (χ4n) is 4.09. The van der Waals surface area contributed by atoms with E-state index in [-0.39, 0.29) is 18.1 Å². The van der Waals surface area contributed by atoms with E-state index < -0.39 is 6.03 Å². The average Bonchev–Trinajstić information content (AvgIpc) is 3.10. The van der Waals surface area contributed by atoms with Crippen LogP contribution in [0.4, 0.5) is 4.79 Å². The molecule has 0 atom stereocenters. The first kappa shape index (κ1) is 23.1. The molecule has 1 heterocycles. The van der Waals surface area contributed by atoms with E-state index in [1.54, 1.807) is 6.08 Å². The summed E-state index contributed by atoms with van der Waals surface area (Å²) in [6.45, 7) is 2.68. The second kappa shape index (κ2) is 9.92. The number of rotatable bonds is 6. The Morgan fingerprint density at radius 2 is 1.71 bits per heavy atom. The van der Waals surface area contributed by atoms with Crippen LogP contribution in [-0.2, 0) is 17.9 Å². The van der Waals surface area contributed by atoms with Crippen molar-refractivity contribution in [2.75, 3.05) is 0 Å². The molecule has 4 aromatic rings. The van der Waals surface area contributed by atoms with Gasteiger partial charge in [-0.3, -0.25) is 9.69 Å². The van der Waals surface area contributed by atoms with Gasteiger partial charge >= 0.3 is 6.03 Å². The molecule has 5 nitrogen and oxygen atoms in total. The number of amides is 3. The van der Waals surface area contributed by atoms with Crippen molar-refractivity contribution in [1.82, 2.24) is 10.2 Å². The van der Waals surface area contributed by atoms with Gasteiger partial charge < -0.3 is 10.1 Å². The standard InChI is InChI=1S/C29H23IN2O3/c1-19-5-4-6-21(13-19)17-32-28(33)26(31-29(32)34)16-20-10-12-27(25(30)15-20)35-18-22-9-11-23-7-2-3-8-24(23)14-22/h2-16H,17-18H2,1H3,(H,31,34)/b26-16+. The average molecular weight is 574 g/mol. The van der Waals surface area contributed by atoms with Gasteiger partial charge in [0, 0.05) is 0 Å². The first-order valence-corrected chi connectivity index (χ1v) is 12.3. The third-order valence-corrected chi connectivity index (χ3v) is 6.70. The summed E-state index contributed by atoms with van der Waals surface area (Å²) in [4.78, 5) is 26.5. The lowest BCUT2D eigenvalue weighted by Gasteiger charge is -2.12. The van der Waals surface area contributed by atoms with Crippen molar-refractivity contribution >= 4 is 51.4 Å². The summed E-state index contributed by atoms with van der Waals surface area (Å²) < 4.78 is 6.98. The summed E-state index contributed by atoms with van der Waals surface area (Å²) in [5.74, 6) is 0.437. The van der Waals surface area contributed by atoms with Crippen LogP contribution in [0.25, 0.3) is 16.8 Å². The molecule has 0 spiro atoms. The van der Waals surface area contributed by atoms with E-state index in [9.17, 15) is 9.59 Å². The number of carbonyl (C=O) groups excluding carboxylic acids is 2. The van der Waals surface area contributed by atoms with E-state index in [1.165, 1.54) is 15.7 Å². The van der Waals surface area contributed by atoms with Crippen LogP contribution in [-0.4, -0.2) is 16.8 Å². The number of carbonyl (C=O) groups is 2. The van der Waals surface area contributed by atoms with Gasteiger partial charge in [0.25, 0.3) is 5.91 Å². The second-order valence-electron chi connectivity index (χ2n) is 8.53. The molecule has 1 fully saturated rings. The van der Waals surface area contributed by atoms with E-state index in [1.807, 2.05) is 61.5 Å². The van der Waals surface area contributed by atoms with Crippen molar-refractivity contribution in [3.05, 3.63) is 116 Å². The number of nitrogens with one attached hydrogen (secondary N) is 1. The Bertz CT molecular complexity index is 1480. The topological polar surface area (TPSA) is 58.6 Å². The van der Waals surface area contributed by atoms with Crippen molar-refractivity contribution in [3.8, 4) is 5.75 Å². The number of benzene rings is 4. The Hall–Kier alpha value is -3.65. The van der Waals surface area contributed by atoms with E-state index >= 15 is 0 Å². The van der Waals surface area contributed by atoms with Gasteiger partial charge in [0.1, 0.15) is 18.1 Å². The largest absolute Gasteiger partial charge is 0.488 e. The van der Waals surface area contributed by atoms with Gasteiger partial charge in [-0.05, 0) is 81.3 Å². The highest BCUT2D eigenvalue weighted by Gasteiger charge is 2.33. The SMILES string of the molecule is Cc1cccc(CN2C(=O)N/C(=C/c3ccc(OCc4ccc5ccccc5c4)c(I)c3)C2=O)c1. The minimum absolute atomic E-state index is 0.239. The minimum atomic E-state index is -0.409. The Morgan fingerprint density at radius 3 is 2.51 bits per heavy atom. The summed E-state index contributed by atoms with van der Waals surface area (Å²) in [5.41, 5.74) is 4.18. The maximum Gasteiger partial charge on any atom is 0.329 e. The first-order chi connectivity index (χ1) is 17.0. The van der Waals surface area contributed by atoms with Crippen molar-refractivity contribution in [2.24, 2.45) is 0 Å². The Balaban J connectivity index is 1.27. The van der Waals surface area contributed by atoms with Crippen molar-refractivity contribution in [3.63, 3.8) is 0 Å². The number of halogens is 1. The number of hydrogen-bond acceptors (Lipinski definition) is 3. The lowest BCUT2D eigenvalue weighted by Crippen LogP contribution is -2.30. The predicted molar refractivity (Wildman–Crippen MR) is 146 cm³/mol.